The molecule has 0 aliphatic carbocycles. The van der Waals surface area contributed by atoms with Crippen LogP contribution in [0.1, 0.15) is 35.4 Å². The lowest BCUT2D eigenvalue weighted by Crippen LogP contribution is -2.33. The topological polar surface area (TPSA) is 63.5 Å². The van der Waals surface area contributed by atoms with Crippen molar-refractivity contribution in [3.8, 4) is 23.0 Å². The SMILES string of the molecule is COc1cccc([C@H]2Oc3c(OC)cccc3[C@@H]3CC(c4ccccc4O)=NN23)c1. The van der Waals surface area contributed by atoms with Gasteiger partial charge in [0, 0.05) is 23.1 Å². The number of phenols is 1. The van der Waals surface area contributed by atoms with E-state index in [4.69, 9.17) is 19.3 Å². The Bertz CT molecular complexity index is 1130. The lowest BCUT2D eigenvalue weighted by Gasteiger charge is -2.38. The van der Waals surface area contributed by atoms with E-state index in [9.17, 15) is 5.11 Å². The highest BCUT2D eigenvalue weighted by molar-refractivity contribution is 6.04. The van der Waals surface area contributed by atoms with Crippen molar-refractivity contribution in [2.75, 3.05) is 14.2 Å². The van der Waals surface area contributed by atoms with Crippen molar-refractivity contribution < 1.29 is 19.3 Å². The van der Waals surface area contributed by atoms with Crippen LogP contribution in [0.15, 0.2) is 71.8 Å². The smallest absolute Gasteiger partial charge is 0.214 e. The summed E-state index contributed by atoms with van der Waals surface area (Å²) in [6, 6.07) is 20.9. The molecule has 3 aromatic carbocycles. The van der Waals surface area contributed by atoms with Crippen LogP contribution in [0.5, 0.6) is 23.0 Å². The summed E-state index contributed by atoms with van der Waals surface area (Å²) in [6.45, 7) is 0. The van der Waals surface area contributed by atoms with Crippen molar-refractivity contribution >= 4 is 5.71 Å². The number of fused-ring (bicyclic) bond motifs is 3. The van der Waals surface area contributed by atoms with E-state index in [1.54, 1.807) is 20.3 Å². The zero-order chi connectivity index (χ0) is 20.7. The maximum Gasteiger partial charge on any atom is 0.214 e. The first-order chi connectivity index (χ1) is 14.7. The third kappa shape index (κ3) is 2.92. The number of aromatic hydroxyl groups is 1. The first kappa shape index (κ1) is 18.4. The Morgan fingerprint density at radius 2 is 1.83 bits per heavy atom. The summed E-state index contributed by atoms with van der Waals surface area (Å²) in [5.41, 5.74) is 3.51. The predicted octanol–water partition coefficient (Wildman–Crippen LogP) is 4.65. The van der Waals surface area contributed by atoms with Crippen molar-refractivity contribution in [1.82, 2.24) is 5.01 Å². The molecular formula is C24H22N2O4. The fraction of sp³-hybridized carbons (Fsp3) is 0.208. The maximum absolute atomic E-state index is 10.4. The van der Waals surface area contributed by atoms with E-state index < -0.39 is 6.23 Å². The Kier molecular flexibility index (Phi) is 4.47. The summed E-state index contributed by atoms with van der Waals surface area (Å²) in [7, 11) is 3.29. The van der Waals surface area contributed by atoms with Gasteiger partial charge in [0.25, 0.3) is 0 Å². The summed E-state index contributed by atoms with van der Waals surface area (Å²) in [5.74, 6) is 2.39. The van der Waals surface area contributed by atoms with Crippen LogP contribution in [0.4, 0.5) is 0 Å². The quantitative estimate of drug-likeness (QED) is 0.688. The van der Waals surface area contributed by atoms with Crippen LogP contribution in [0.3, 0.4) is 0 Å². The molecule has 0 spiro atoms. The minimum atomic E-state index is -0.447. The highest BCUT2D eigenvalue weighted by atomic mass is 16.5. The van der Waals surface area contributed by atoms with E-state index in [1.165, 1.54) is 0 Å². The number of hydrogen-bond donors (Lipinski definition) is 1. The van der Waals surface area contributed by atoms with Crippen LogP contribution in [0.2, 0.25) is 0 Å². The molecule has 1 N–H and O–H groups in total. The second kappa shape index (κ2) is 7.30. The molecule has 2 heterocycles. The fourth-order valence-electron chi connectivity index (χ4n) is 4.14. The molecule has 0 saturated carbocycles. The Morgan fingerprint density at radius 3 is 2.63 bits per heavy atom. The van der Waals surface area contributed by atoms with Gasteiger partial charge in [-0.15, -0.1) is 0 Å². The molecule has 0 fully saturated rings. The van der Waals surface area contributed by atoms with Crippen molar-refractivity contribution in [1.29, 1.82) is 0 Å². The molecule has 3 aromatic rings. The zero-order valence-corrected chi connectivity index (χ0v) is 16.8. The third-order valence-electron chi connectivity index (χ3n) is 5.59. The van der Waals surface area contributed by atoms with Gasteiger partial charge in [-0.25, -0.2) is 5.01 Å². The molecule has 2 aliphatic rings. The van der Waals surface area contributed by atoms with Crippen LogP contribution in [-0.2, 0) is 0 Å². The molecule has 0 amide bonds. The van der Waals surface area contributed by atoms with E-state index in [1.807, 2.05) is 65.7 Å². The molecule has 6 heteroatoms. The van der Waals surface area contributed by atoms with Crippen LogP contribution >= 0.6 is 0 Å². The molecule has 5 rings (SSSR count). The largest absolute Gasteiger partial charge is 0.507 e. The Hall–Kier alpha value is -3.67. The lowest BCUT2D eigenvalue weighted by molar-refractivity contribution is -0.0210. The van der Waals surface area contributed by atoms with Gasteiger partial charge in [-0.05, 0) is 30.3 Å². The van der Waals surface area contributed by atoms with Gasteiger partial charge in [0.05, 0.1) is 26.0 Å². The van der Waals surface area contributed by atoms with Gasteiger partial charge in [-0.1, -0.05) is 36.4 Å². The van der Waals surface area contributed by atoms with E-state index in [0.717, 1.165) is 33.9 Å². The van der Waals surface area contributed by atoms with Crippen LogP contribution < -0.4 is 14.2 Å². The Labute approximate surface area is 174 Å². The average Bonchev–Trinajstić information content (AvgIpc) is 3.24. The van der Waals surface area contributed by atoms with Crippen molar-refractivity contribution in [3.63, 3.8) is 0 Å². The minimum absolute atomic E-state index is 0.0327. The number of hydrazone groups is 1. The molecule has 152 valence electrons. The molecule has 0 bridgehead atoms. The third-order valence-corrected chi connectivity index (χ3v) is 5.59. The number of benzene rings is 3. The van der Waals surface area contributed by atoms with Crippen molar-refractivity contribution in [2.24, 2.45) is 5.10 Å². The number of ether oxygens (including phenoxy) is 3. The first-order valence-corrected chi connectivity index (χ1v) is 9.81. The minimum Gasteiger partial charge on any atom is -0.507 e. The number of nitrogens with zero attached hydrogens (tertiary/aromatic N) is 2. The second-order valence-corrected chi connectivity index (χ2v) is 7.29. The molecular weight excluding hydrogens is 380 g/mol. The van der Waals surface area contributed by atoms with Crippen LogP contribution in [0, 0.1) is 0 Å². The molecule has 30 heavy (non-hydrogen) atoms. The average molecular weight is 402 g/mol. The highest BCUT2D eigenvalue weighted by Crippen LogP contribution is 2.51. The normalized spacial score (nSPS) is 19.4. The van der Waals surface area contributed by atoms with Gasteiger partial charge < -0.3 is 19.3 Å². The molecule has 6 nitrogen and oxygen atoms in total. The van der Waals surface area contributed by atoms with Gasteiger partial charge in [0.15, 0.2) is 11.5 Å². The molecule has 2 atom stereocenters. The van der Waals surface area contributed by atoms with E-state index in [-0.39, 0.29) is 11.8 Å². The summed E-state index contributed by atoms with van der Waals surface area (Å²) in [4.78, 5) is 0. The van der Waals surface area contributed by atoms with Crippen molar-refractivity contribution in [3.05, 3.63) is 83.4 Å². The lowest BCUT2D eigenvalue weighted by atomic mass is 9.95. The molecule has 0 aromatic heterocycles. The Balaban J connectivity index is 1.64. The number of phenolic OH excluding ortho intramolecular Hbond substituents is 1. The van der Waals surface area contributed by atoms with Gasteiger partial charge in [-0.3, -0.25) is 0 Å². The maximum atomic E-state index is 10.4. The van der Waals surface area contributed by atoms with Gasteiger partial charge in [0.1, 0.15) is 11.5 Å². The second-order valence-electron chi connectivity index (χ2n) is 7.29. The fourth-order valence-corrected chi connectivity index (χ4v) is 4.14. The van der Waals surface area contributed by atoms with Gasteiger partial charge >= 0.3 is 0 Å². The number of hydrogen-bond acceptors (Lipinski definition) is 6. The first-order valence-electron chi connectivity index (χ1n) is 9.81. The Morgan fingerprint density at radius 1 is 1.00 bits per heavy atom. The summed E-state index contributed by atoms with van der Waals surface area (Å²) in [5, 5.41) is 17.2. The molecule has 0 saturated heterocycles. The molecule has 0 radical (unpaired) electrons. The van der Waals surface area contributed by atoms with Crippen molar-refractivity contribution in [2.45, 2.75) is 18.7 Å². The summed E-state index contributed by atoms with van der Waals surface area (Å²) < 4.78 is 17.4. The van der Waals surface area contributed by atoms with E-state index in [2.05, 4.69) is 0 Å². The van der Waals surface area contributed by atoms with Gasteiger partial charge in [-0.2, -0.15) is 5.10 Å². The van der Waals surface area contributed by atoms with E-state index >= 15 is 0 Å². The number of methoxy groups -OCH3 is 2. The van der Waals surface area contributed by atoms with Crippen LogP contribution in [-0.4, -0.2) is 30.0 Å². The monoisotopic (exact) mass is 402 g/mol. The number of para-hydroxylation sites is 2. The van der Waals surface area contributed by atoms with Gasteiger partial charge in [0.2, 0.25) is 6.23 Å². The molecule has 0 unspecified atom stereocenters. The summed E-state index contributed by atoms with van der Waals surface area (Å²) in [6.07, 6.45) is 0.207. The van der Waals surface area contributed by atoms with E-state index in [0.29, 0.717) is 12.2 Å². The van der Waals surface area contributed by atoms with Crippen LogP contribution in [0.25, 0.3) is 0 Å². The summed E-state index contributed by atoms with van der Waals surface area (Å²) >= 11 is 0. The standard InChI is InChI=1S/C24H22N2O4/c1-28-16-8-5-7-15(13-16)24-26-20(18-10-6-12-22(29-2)23(18)30-24)14-19(25-26)17-9-3-4-11-21(17)27/h3-13,20,24,27H,14H2,1-2H3/t20-,24+/m0/s1. The number of rotatable bonds is 4. The zero-order valence-electron chi connectivity index (χ0n) is 16.8. The predicted molar refractivity (Wildman–Crippen MR) is 113 cm³/mol. The molecule has 2 aliphatic heterocycles. The highest BCUT2D eigenvalue weighted by Gasteiger charge is 2.42.